The molecule has 7 heteroatoms. The van der Waals surface area contributed by atoms with Crippen LogP contribution in [0, 0.1) is 0 Å². The Morgan fingerprint density at radius 2 is 1.80 bits per heavy atom. The summed E-state index contributed by atoms with van der Waals surface area (Å²) in [6.45, 7) is 0. The van der Waals surface area contributed by atoms with Gasteiger partial charge in [-0.1, -0.05) is 22.0 Å². The number of ether oxygens (including phenoxy) is 1. The predicted molar refractivity (Wildman–Crippen MR) is 100 cm³/mol. The Kier molecular flexibility index (Phi) is 5.25. The van der Waals surface area contributed by atoms with Gasteiger partial charge in [0.25, 0.3) is 5.91 Å². The van der Waals surface area contributed by atoms with Crippen LogP contribution in [0.1, 0.15) is 10.4 Å². The molecule has 0 aliphatic carbocycles. The third-order valence-electron chi connectivity index (χ3n) is 3.31. The highest BCUT2D eigenvalue weighted by molar-refractivity contribution is 9.10. The van der Waals surface area contributed by atoms with E-state index in [9.17, 15) is 4.79 Å². The van der Waals surface area contributed by atoms with Crippen molar-refractivity contribution in [3.05, 3.63) is 71.2 Å². The number of nitrogens with zero attached hydrogens (tertiary/aromatic N) is 2. The molecule has 0 aliphatic rings. The summed E-state index contributed by atoms with van der Waals surface area (Å²) >= 11 is 3.37. The van der Waals surface area contributed by atoms with E-state index >= 15 is 0 Å². The van der Waals surface area contributed by atoms with E-state index in [0.717, 1.165) is 10.2 Å². The summed E-state index contributed by atoms with van der Waals surface area (Å²) in [4.78, 5) is 20.3. The lowest BCUT2D eigenvalue weighted by Gasteiger charge is -2.12. The zero-order valence-corrected chi connectivity index (χ0v) is 14.9. The molecular weight excluding hydrogens is 384 g/mol. The third-order valence-corrected chi connectivity index (χ3v) is 3.81. The molecule has 0 fully saturated rings. The van der Waals surface area contributed by atoms with Crippen LogP contribution in [0.3, 0.4) is 0 Å². The number of carbonyl (C=O) groups excluding carboxylic acids is 1. The van der Waals surface area contributed by atoms with Gasteiger partial charge in [0.1, 0.15) is 12.1 Å². The highest BCUT2D eigenvalue weighted by atomic mass is 79.9. The van der Waals surface area contributed by atoms with E-state index in [2.05, 4.69) is 36.5 Å². The summed E-state index contributed by atoms with van der Waals surface area (Å²) in [5, 5.41) is 5.92. The molecule has 0 unspecified atom stereocenters. The molecule has 0 spiro atoms. The molecule has 0 bridgehead atoms. The number of carbonyl (C=O) groups is 1. The van der Waals surface area contributed by atoms with E-state index in [1.165, 1.54) is 6.33 Å². The quantitative estimate of drug-likeness (QED) is 0.668. The van der Waals surface area contributed by atoms with E-state index in [4.69, 9.17) is 4.74 Å². The van der Waals surface area contributed by atoms with Gasteiger partial charge in [0.2, 0.25) is 0 Å². The molecule has 0 aliphatic heterocycles. The van der Waals surface area contributed by atoms with Gasteiger partial charge >= 0.3 is 0 Å². The first-order valence-corrected chi connectivity index (χ1v) is 8.26. The van der Waals surface area contributed by atoms with Crippen LogP contribution in [-0.2, 0) is 0 Å². The molecule has 1 aromatic heterocycles. The largest absolute Gasteiger partial charge is 0.454 e. The normalized spacial score (nSPS) is 10.2. The van der Waals surface area contributed by atoms with Gasteiger partial charge in [0, 0.05) is 40.6 Å². The summed E-state index contributed by atoms with van der Waals surface area (Å²) in [5.74, 6) is 0.870. The number of hydrogen-bond donors (Lipinski definition) is 2. The van der Waals surface area contributed by atoms with Gasteiger partial charge in [0.15, 0.2) is 5.75 Å². The van der Waals surface area contributed by atoms with Gasteiger partial charge in [-0.2, -0.15) is 0 Å². The number of anilines is 2. The van der Waals surface area contributed by atoms with E-state index < -0.39 is 0 Å². The summed E-state index contributed by atoms with van der Waals surface area (Å²) in [6.07, 6.45) is 4.57. The molecule has 126 valence electrons. The van der Waals surface area contributed by atoms with Crippen molar-refractivity contribution in [3.63, 3.8) is 0 Å². The summed E-state index contributed by atoms with van der Waals surface area (Å²) < 4.78 is 6.59. The second-order valence-corrected chi connectivity index (χ2v) is 6.05. The zero-order chi connectivity index (χ0) is 17.6. The van der Waals surface area contributed by atoms with Crippen LogP contribution in [0.4, 0.5) is 11.4 Å². The Hall–Kier alpha value is -2.93. The topological polar surface area (TPSA) is 76.1 Å². The van der Waals surface area contributed by atoms with Gasteiger partial charge in [0.05, 0.1) is 12.4 Å². The van der Waals surface area contributed by atoms with Crippen LogP contribution in [0.5, 0.6) is 11.5 Å². The van der Waals surface area contributed by atoms with Crippen molar-refractivity contribution in [1.29, 1.82) is 0 Å². The Labute approximate surface area is 153 Å². The molecule has 3 aromatic rings. The van der Waals surface area contributed by atoms with Gasteiger partial charge in [-0.15, -0.1) is 0 Å². The van der Waals surface area contributed by atoms with E-state index in [1.807, 2.05) is 24.3 Å². The predicted octanol–water partition coefficient (Wildman–Crippen LogP) is 4.33. The lowest BCUT2D eigenvalue weighted by Crippen LogP contribution is -2.12. The Morgan fingerprint density at radius 3 is 2.52 bits per heavy atom. The maximum atomic E-state index is 12.4. The summed E-state index contributed by atoms with van der Waals surface area (Å²) in [5.41, 5.74) is 1.98. The van der Waals surface area contributed by atoms with Gasteiger partial charge in [-0.25, -0.2) is 9.97 Å². The highest BCUT2D eigenvalue weighted by Gasteiger charge is 2.09. The van der Waals surface area contributed by atoms with Crippen LogP contribution in [0.25, 0.3) is 0 Å². The number of halogens is 1. The molecule has 0 saturated carbocycles. The fraction of sp³-hybridized carbons (Fsp3) is 0.0556. The van der Waals surface area contributed by atoms with Gasteiger partial charge < -0.3 is 15.4 Å². The van der Waals surface area contributed by atoms with Crippen molar-refractivity contribution < 1.29 is 9.53 Å². The fourth-order valence-corrected chi connectivity index (χ4v) is 2.58. The second kappa shape index (κ2) is 7.76. The molecule has 0 saturated heterocycles. The Balaban J connectivity index is 1.83. The highest BCUT2D eigenvalue weighted by Crippen LogP contribution is 2.28. The number of rotatable bonds is 5. The number of nitrogens with one attached hydrogen (secondary N) is 2. The van der Waals surface area contributed by atoms with Gasteiger partial charge in [-0.05, 0) is 24.3 Å². The van der Waals surface area contributed by atoms with Crippen molar-refractivity contribution in [2.75, 3.05) is 17.7 Å². The van der Waals surface area contributed by atoms with E-state index in [-0.39, 0.29) is 5.91 Å². The SMILES string of the molecule is CNc1cc(NC(=O)c2cccc(Br)c2)cc(Oc2cncnc2)c1. The first-order valence-electron chi connectivity index (χ1n) is 7.46. The molecule has 1 heterocycles. The Bertz CT molecular complexity index is 887. The number of hydrogen-bond acceptors (Lipinski definition) is 5. The molecular formula is C18H15BrN4O2. The van der Waals surface area contributed by atoms with Crippen LogP contribution in [0.2, 0.25) is 0 Å². The van der Waals surface area contributed by atoms with Gasteiger partial charge in [-0.3, -0.25) is 4.79 Å². The van der Waals surface area contributed by atoms with Crippen LogP contribution in [0.15, 0.2) is 65.7 Å². The maximum Gasteiger partial charge on any atom is 0.255 e. The molecule has 25 heavy (non-hydrogen) atoms. The average molecular weight is 399 g/mol. The lowest BCUT2D eigenvalue weighted by atomic mass is 10.2. The van der Waals surface area contributed by atoms with Crippen molar-refractivity contribution in [3.8, 4) is 11.5 Å². The second-order valence-electron chi connectivity index (χ2n) is 5.14. The van der Waals surface area contributed by atoms with Crippen molar-refractivity contribution in [2.24, 2.45) is 0 Å². The molecule has 0 atom stereocenters. The molecule has 0 radical (unpaired) electrons. The monoisotopic (exact) mass is 398 g/mol. The summed E-state index contributed by atoms with van der Waals surface area (Å²) in [6, 6.07) is 12.6. The van der Waals surface area contributed by atoms with Crippen LogP contribution < -0.4 is 15.4 Å². The molecule has 2 N–H and O–H groups in total. The molecule has 1 amide bonds. The summed E-state index contributed by atoms with van der Waals surface area (Å²) in [7, 11) is 1.80. The van der Waals surface area contributed by atoms with Crippen molar-refractivity contribution in [2.45, 2.75) is 0 Å². The Morgan fingerprint density at radius 1 is 1.04 bits per heavy atom. The number of benzene rings is 2. The first kappa shape index (κ1) is 16.9. The number of amides is 1. The minimum atomic E-state index is -0.205. The third kappa shape index (κ3) is 4.54. The fourth-order valence-electron chi connectivity index (χ4n) is 2.18. The lowest BCUT2D eigenvalue weighted by molar-refractivity contribution is 0.102. The molecule has 2 aromatic carbocycles. The zero-order valence-electron chi connectivity index (χ0n) is 13.4. The van der Waals surface area contributed by atoms with Crippen molar-refractivity contribution in [1.82, 2.24) is 9.97 Å². The molecule has 6 nitrogen and oxygen atoms in total. The minimum Gasteiger partial charge on any atom is -0.454 e. The first-order chi connectivity index (χ1) is 12.1. The standard InChI is InChI=1S/C18H15BrN4O2/c1-20-14-6-15(23-18(24)12-3-2-4-13(19)5-12)8-16(7-14)25-17-9-21-11-22-10-17/h2-11,20H,1H3,(H,23,24). The van der Waals surface area contributed by atoms with Crippen LogP contribution >= 0.6 is 15.9 Å². The minimum absolute atomic E-state index is 0.205. The number of aromatic nitrogens is 2. The van der Waals surface area contributed by atoms with E-state index in [0.29, 0.717) is 22.7 Å². The smallest absolute Gasteiger partial charge is 0.255 e. The maximum absolute atomic E-state index is 12.4. The van der Waals surface area contributed by atoms with Crippen LogP contribution in [-0.4, -0.2) is 22.9 Å². The van der Waals surface area contributed by atoms with Crippen molar-refractivity contribution >= 4 is 33.2 Å². The van der Waals surface area contributed by atoms with E-state index in [1.54, 1.807) is 37.6 Å². The average Bonchev–Trinajstić information content (AvgIpc) is 2.62. The molecule has 3 rings (SSSR count).